The summed E-state index contributed by atoms with van der Waals surface area (Å²) in [6.45, 7) is 3.37. The van der Waals surface area contributed by atoms with Crippen LogP contribution >= 0.6 is 0 Å². The van der Waals surface area contributed by atoms with Crippen LogP contribution in [-0.4, -0.2) is 6.10 Å². The van der Waals surface area contributed by atoms with E-state index in [1.807, 2.05) is 0 Å². The highest BCUT2D eigenvalue weighted by Gasteiger charge is 2.35. The number of halogens is 3. The normalized spacial score (nSPS) is 11.9. The molecule has 5 heteroatoms. The van der Waals surface area contributed by atoms with Crippen molar-refractivity contribution in [3.63, 3.8) is 0 Å². The van der Waals surface area contributed by atoms with E-state index in [1.54, 1.807) is 13.8 Å². The number of alkyl halides is 3. The van der Waals surface area contributed by atoms with Crippen molar-refractivity contribution in [1.29, 1.82) is 0 Å². The Morgan fingerprint density at radius 2 is 1.94 bits per heavy atom. The molecule has 0 aromatic heterocycles. The molecule has 0 aliphatic rings. The smallest absolute Gasteiger partial charge is 0.419 e. The molecule has 0 radical (unpaired) electrons. The van der Waals surface area contributed by atoms with Gasteiger partial charge in [-0.1, -0.05) is 12.1 Å². The Morgan fingerprint density at radius 1 is 1.31 bits per heavy atom. The Morgan fingerprint density at radius 3 is 2.38 bits per heavy atom. The second-order valence-electron chi connectivity index (χ2n) is 3.66. The zero-order valence-corrected chi connectivity index (χ0v) is 9.14. The predicted octanol–water partition coefficient (Wildman–Crippen LogP) is 2.95. The molecule has 0 unspecified atom stereocenters. The number of rotatable bonds is 3. The molecular formula is C11H14F3NO. The van der Waals surface area contributed by atoms with Crippen LogP contribution in [0.25, 0.3) is 0 Å². The van der Waals surface area contributed by atoms with Crippen molar-refractivity contribution >= 4 is 0 Å². The molecule has 0 saturated heterocycles. The first-order valence-corrected chi connectivity index (χ1v) is 4.92. The highest BCUT2D eigenvalue weighted by molar-refractivity contribution is 5.43. The summed E-state index contributed by atoms with van der Waals surface area (Å²) in [5.41, 5.74) is 4.98. The lowest BCUT2D eigenvalue weighted by molar-refractivity contribution is -0.139. The van der Waals surface area contributed by atoms with Gasteiger partial charge < -0.3 is 10.5 Å². The van der Waals surface area contributed by atoms with Crippen molar-refractivity contribution in [1.82, 2.24) is 0 Å². The molecule has 16 heavy (non-hydrogen) atoms. The topological polar surface area (TPSA) is 35.2 Å². The first kappa shape index (κ1) is 12.8. The minimum Gasteiger partial charge on any atom is -0.490 e. The molecule has 0 atom stereocenters. The average Bonchev–Trinajstić information content (AvgIpc) is 2.15. The molecule has 0 saturated carbocycles. The Kier molecular flexibility index (Phi) is 3.80. The van der Waals surface area contributed by atoms with Gasteiger partial charge in [0.05, 0.1) is 11.7 Å². The SMILES string of the molecule is CC(C)Oc1c(CN)cccc1C(F)(F)F. The van der Waals surface area contributed by atoms with E-state index in [2.05, 4.69) is 0 Å². The first-order valence-electron chi connectivity index (χ1n) is 4.92. The number of ether oxygens (including phenoxy) is 1. The van der Waals surface area contributed by atoms with E-state index in [1.165, 1.54) is 12.1 Å². The monoisotopic (exact) mass is 233 g/mol. The van der Waals surface area contributed by atoms with Crippen molar-refractivity contribution in [2.75, 3.05) is 0 Å². The molecule has 1 aromatic carbocycles. The molecular weight excluding hydrogens is 219 g/mol. The van der Waals surface area contributed by atoms with Crippen LogP contribution < -0.4 is 10.5 Å². The maximum Gasteiger partial charge on any atom is 0.419 e. The van der Waals surface area contributed by atoms with Gasteiger partial charge in [0.25, 0.3) is 0 Å². The van der Waals surface area contributed by atoms with Crippen molar-refractivity contribution in [3.05, 3.63) is 29.3 Å². The number of hydrogen-bond acceptors (Lipinski definition) is 2. The van der Waals surface area contributed by atoms with Crippen LogP contribution in [0.5, 0.6) is 5.75 Å². The van der Waals surface area contributed by atoms with Gasteiger partial charge in [-0.2, -0.15) is 13.2 Å². The molecule has 0 amide bonds. The summed E-state index contributed by atoms with van der Waals surface area (Å²) in [6, 6.07) is 3.86. The molecule has 0 heterocycles. The Hall–Kier alpha value is -1.23. The third kappa shape index (κ3) is 2.88. The third-order valence-electron chi connectivity index (χ3n) is 1.98. The molecule has 0 fully saturated rings. The van der Waals surface area contributed by atoms with E-state index >= 15 is 0 Å². The molecule has 90 valence electrons. The van der Waals surface area contributed by atoms with E-state index in [-0.39, 0.29) is 18.4 Å². The Balaban J connectivity index is 3.26. The van der Waals surface area contributed by atoms with Crippen LogP contribution in [0.2, 0.25) is 0 Å². The highest BCUT2D eigenvalue weighted by atomic mass is 19.4. The maximum atomic E-state index is 12.7. The number of benzene rings is 1. The second kappa shape index (κ2) is 4.74. The minimum absolute atomic E-state index is 0.0198. The van der Waals surface area contributed by atoms with Crippen molar-refractivity contribution in [2.45, 2.75) is 32.7 Å². The summed E-state index contributed by atoms with van der Waals surface area (Å²) in [5.74, 6) is -0.160. The standard InChI is InChI=1S/C11H14F3NO/c1-7(2)16-10-8(6-15)4-3-5-9(10)11(12,13)14/h3-5,7H,6,15H2,1-2H3. The average molecular weight is 233 g/mol. The van der Waals surface area contributed by atoms with E-state index in [4.69, 9.17) is 10.5 Å². The van der Waals surface area contributed by atoms with Crippen LogP contribution in [-0.2, 0) is 12.7 Å². The van der Waals surface area contributed by atoms with Gasteiger partial charge in [-0.25, -0.2) is 0 Å². The van der Waals surface area contributed by atoms with Crippen LogP contribution in [0, 0.1) is 0 Å². The van der Waals surface area contributed by atoms with Crippen LogP contribution in [0.3, 0.4) is 0 Å². The van der Waals surface area contributed by atoms with E-state index < -0.39 is 11.7 Å². The van der Waals surface area contributed by atoms with E-state index in [0.717, 1.165) is 6.07 Å². The lowest BCUT2D eigenvalue weighted by atomic mass is 10.1. The quantitative estimate of drug-likeness (QED) is 0.871. The number of para-hydroxylation sites is 1. The fourth-order valence-corrected chi connectivity index (χ4v) is 1.34. The molecule has 2 nitrogen and oxygen atoms in total. The van der Waals surface area contributed by atoms with Gasteiger partial charge in [0.2, 0.25) is 0 Å². The van der Waals surface area contributed by atoms with Crippen LogP contribution in [0.1, 0.15) is 25.0 Å². The van der Waals surface area contributed by atoms with Crippen molar-refractivity contribution < 1.29 is 17.9 Å². The molecule has 1 aromatic rings. The van der Waals surface area contributed by atoms with Crippen LogP contribution in [0.4, 0.5) is 13.2 Å². The van der Waals surface area contributed by atoms with Gasteiger partial charge in [-0.3, -0.25) is 0 Å². The first-order chi connectivity index (χ1) is 7.36. The molecule has 0 aliphatic carbocycles. The van der Waals surface area contributed by atoms with Crippen molar-refractivity contribution in [2.24, 2.45) is 5.73 Å². The fourth-order valence-electron chi connectivity index (χ4n) is 1.34. The van der Waals surface area contributed by atoms with Crippen molar-refractivity contribution in [3.8, 4) is 5.75 Å². The largest absolute Gasteiger partial charge is 0.490 e. The van der Waals surface area contributed by atoms with Gasteiger partial charge in [-0.15, -0.1) is 0 Å². The summed E-state index contributed by atoms with van der Waals surface area (Å²) in [5, 5.41) is 0. The molecule has 1 rings (SSSR count). The molecule has 0 bridgehead atoms. The summed E-state index contributed by atoms with van der Waals surface area (Å²) in [6.07, 6.45) is -4.75. The fraction of sp³-hybridized carbons (Fsp3) is 0.455. The Bertz CT molecular complexity index is 361. The van der Waals surface area contributed by atoms with Gasteiger partial charge in [0, 0.05) is 12.1 Å². The van der Waals surface area contributed by atoms with E-state index in [0.29, 0.717) is 5.56 Å². The van der Waals surface area contributed by atoms with E-state index in [9.17, 15) is 13.2 Å². The summed E-state index contributed by atoms with van der Waals surface area (Å²) < 4.78 is 43.3. The molecule has 0 spiro atoms. The highest BCUT2D eigenvalue weighted by Crippen LogP contribution is 2.38. The van der Waals surface area contributed by atoms with Gasteiger partial charge in [-0.05, 0) is 19.9 Å². The molecule has 0 aliphatic heterocycles. The zero-order valence-electron chi connectivity index (χ0n) is 9.14. The summed E-state index contributed by atoms with van der Waals surface area (Å²) in [7, 11) is 0. The number of nitrogens with two attached hydrogens (primary N) is 1. The summed E-state index contributed by atoms with van der Waals surface area (Å²) in [4.78, 5) is 0. The predicted molar refractivity (Wildman–Crippen MR) is 55.1 cm³/mol. The van der Waals surface area contributed by atoms with Gasteiger partial charge >= 0.3 is 6.18 Å². The zero-order chi connectivity index (χ0) is 12.3. The Labute approximate surface area is 92.2 Å². The van der Waals surface area contributed by atoms with Crippen LogP contribution in [0.15, 0.2) is 18.2 Å². The van der Waals surface area contributed by atoms with Gasteiger partial charge in [0.15, 0.2) is 0 Å². The summed E-state index contributed by atoms with van der Waals surface area (Å²) >= 11 is 0. The second-order valence-corrected chi connectivity index (χ2v) is 3.66. The molecule has 2 N–H and O–H groups in total. The lowest BCUT2D eigenvalue weighted by Crippen LogP contribution is -2.15. The number of hydrogen-bond donors (Lipinski definition) is 1. The maximum absolute atomic E-state index is 12.7. The lowest BCUT2D eigenvalue weighted by Gasteiger charge is -2.18. The minimum atomic E-state index is -4.42. The van der Waals surface area contributed by atoms with Gasteiger partial charge in [0.1, 0.15) is 5.75 Å². The third-order valence-corrected chi connectivity index (χ3v) is 1.98.